The Balaban J connectivity index is 1.78. The molecule has 1 fully saturated rings. The zero-order valence-corrected chi connectivity index (χ0v) is 20.0. The van der Waals surface area contributed by atoms with Gasteiger partial charge >= 0.3 is 0 Å². The lowest BCUT2D eigenvalue weighted by Gasteiger charge is -2.32. The van der Waals surface area contributed by atoms with Crippen molar-refractivity contribution in [2.75, 3.05) is 20.2 Å². The lowest BCUT2D eigenvalue weighted by atomic mass is 9.96. The van der Waals surface area contributed by atoms with E-state index in [-0.39, 0.29) is 41.1 Å². The van der Waals surface area contributed by atoms with Crippen molar-refractivity contribution < 1.29 is 22.5 Å². The molecule has 174 valence electrons. The maximum Gasteiger partial charge on any atom is 0.248 e. The summed E-state index contributed by atoms with van der Waals surface area (Å²) in [5.74, 6) is 0.603. The summed E-state index contributed by atoms with van der Waals surface area (Å²) in [6.07, 6.45) is 4.27. The first kappa shape index (κ1) is 24.0. The fourth-order valence-electron chi connectivity index (χ4n) is 3.73. The second kappa shape index (κ2) is 9.46. The van der Waals surface area contributed by atoms with E-state index in [0.29, 0.717) is 24.3 Å². The van der Waals surface area contributed by atoms with Crippen LogP contribution in [0.5, 0.6) is 5.75 Å². The first-order chi connectivity index (χ1) is 15.0. The molecule has 0 radical (unpaired) electrons. The highest BCUT2D eigenvalue weighted by atomic mass is 32.2. The highest BCUT2D eigenvalue weighted by molar-refractivity contribution is 7.89. The Morgan fingerprint density at radius 1 is 1.22 bits per heavy atom. The molecule has 1 saturated heterocycles. The van der Waals surface area contributed by atoms with E-state index in [1.807, 2.05) is 45.0 Å². The first-order valence-electron chi connectivity index (χ1n) is 10.6. The van der Waals surface area contributed by atoms with E-state index < -0.39 is 10.0 Å². The number of benzene rings is 1. The minimum Gasteiger partial charge on any atom is -0.496 e. The Kier molecular flexibility index (Phi) is 7.09. The van der Waals surface area contributed by atoms with Crippen molar-refractivity contribution in [2.24, 2.45) is 5.92 Å². The Hall–Kier alpha value is -2.65. The second-order valence-electron chi connectivity index (χ2n) is 8.95. The van der Waals surface area contributed by atoms with Gasteiger partial charge in [0.1, 0.15) is 11.4 Å². The van der Waals surface area contributed by atoms with E-state index in [0.717, 1.165) is 5.56 Å². The largest absolute Gasteiger partial charge is 0.496 e. The number of aryl methyl sites for hydroxylation is 1. The van der Waals surface area contributed by atoms with Crippen molar-refractivity contribution in [3.63, 3.8) is 0 Å². The van der Waals surface area contributed by atoms with Gasteiger partial charge in [0.25, 0.3) is 0 Å². The third-order valence-electron chi connectivity index (χ3n) is 5.31. The standard InChI is InChI=1S/C23H31N3O5S/c1-16-21(20(31-25-16)11-10-17-8-6-7-9-19(17)30-5)32(28,29)26-14-12-18(13-15-26)22(27)24-23(2,3)4/h6-11,18H,12-15H2,1-5H3,(H,24,27). The third-order valence-corrected chi connectivity index (χ3v) is 7.36. The van der Waals surface area contributed by atoms with Gasteiger partial charge in [-0.05, 0) is 58.8 Å². The van der Waals surface area contributed by atoms with Crippen molar-refractivity contribution in [1.82, 2.24) is 14.8 Å². The number of carbonyl (C=O) groups excluding carboxylic acids is 1. The summed E-state index contributed by atoms with van der Waals surface area (Å²) in [5, 5.41) is 6.87. The molecular formula is C23H31N3O5S. The fourth-order valence-corrected chi connectivity index (χ4v) is 5.45. The molecule has 1 N–H and O–H groups in total. The number of piperidine rings is 1. The number of rotatable bonds is 6. The molecule has 0 saturated carbocycles. The molecular weight excluding hydrogens is 430 g/mol. The number of amides is 1. The average Bonchev–Trinajstić information content (AvgIpc) is 3.12. The van der Waals surface area contributed by atoms with E-state index in [1.54, 1.807) is 26.2 Å². The lowest BCUT2D eigenvalue weighted by molar-refractivity contribution is -0.127. The molecule has 9 heteroatoms. The smallest absolute Gasteiger partial charge is 0.248 e. The van der Waals surface area contributed by atoms with Crippen molar-refractivity contribution in [3.05, 3.63) is 41.3 Å². The molecule has 1 aromatic carbocycles. The second-order valence-corrected chi connectivity index (χ2v) is 10.8. The number of nitrogens with zero attached hydrogens (tertiary/aromatic N) is 2. The summed E-state index contributed by atoms with van der Waals surface area (Å²) in [7, 11) is -2.25. The van der Waals surface area contributed by atoms with E-state index in [1.165, 1.54) is 4.31 Å². The maximum atomic E-state index is 13.4. The topological polar surface area (TPSA) is 102 Å². The summed E-state index contributed by atoms with van der Waals surface area (Å²) in [6.45, 7) is 7.94. The normalized spacial score (nSPS) is 16.4. The Morgan fingerprint density at radius 3 is 2.50 bits per heavy atom. The van der Waals surface area contributed by atoms with Gasteiger partial charge in [-0.15, -0.1) is 0 Å². The number of nitrogens with one attached hydrogen (secondary N) is 1. The minimum absolute atomic E-state index is 0.0314. The van der Waals surface area contributed by atoms with Crippen molar-refractivity contribution >= 4 is 28.1 Å². The fraction of sp³-hybridized carbons (Fsp3) is 0.478. The van der Waals surface area contributed by atoms with Crippen LogP contribution < -0.4 is 10.1 Å². The molecule has 0 unspecified atom stereocenters. The van der Waals surface area contributed by atoms with Crippen LogP contribution in [-0.2, 0) is 14.8 Å². The number of sulfonamides is 1. The summed E-state index contributed by atoms with van der Waals surface area (Å²) >= 11 is 0. The number of carbonyl (C=O) groups is 1. The molecule has 2 heterocycles. The van der Waals surface area contributed by atoms with Crippen LogP contribution in [0.1, 0.15) is 50.6 Å². The van der Waals surface area contributed by atoms with Crippen LogP contribution in [0, 0.1) is 12.8 Å². The summed E-state index contributed by atoms with van der Waals surface area (Å²) in [6, 6.07) is 7.41. The Labute approximate surface area is 189 Å². The molecule has 0 aliphatic carbocycles. The molecule has 2 aromatic rings. The van der Waals surface area contributed by atoms with Crippen molar-refractivity contribution in [2.45, 2.75) is 51.0 Å². The third kappa shape index (κ3) is 5.39. The summed E-state index contributed by atoms with van der Waals surface area (Å²) in [5.41, 5.74) is 0.776. The number of hydrogen-bond donors (Lipinski definition) is 1. The van der Waals surface area contributed by atoms with Gasteiger partial charge in [0.05, 0.1) is 7.11 Å². The maximum absolute atomic E-state index is 13.4. The SMILES string of the molecule is COc1ccccc1C=Cc1onc(C)c1S(=O)(=O)N1CCC(C(=O)NC(C)(C)C)CC1. The van der Waals surface area contributed by atoms with Gasteiger partial charge in [-0.3, -0.25) is 4.79 Å². The van der Waals surface area contributed by atoms with Crippen molar-refractivity contribution in [3.8, 4) is 5.75 Å². The first-order valence-corrected chi connectivity index (χ1v) is 12.1. The molecule has 0 spiro atoms. The molecule has 3 rings (SSSR count). The number of hydrogen-bond acceptors (Lipinski definition) is 6. The minimum atomic E-state index is -3.82. The van der Waals surface area contributed by atoms with Crippen LogP contribution in [0.4, 0.5) is 0 Å². The van der Waals surface area contributed by atoms with Gasteiger partial charge in [0.2, 0.25) is 15.9 Å². The quantitative estimate of drug-likeness (QED) is 0.707. The van der Waals surface area contributed by atoms with Crippen LogP contribution in [0.2, 0.25) is 0 Å². The van der Waals surface area contributed by atoms with E-state index in [4.69, 9.17) is 9.26 Å². The Bertz CT molecular complexity index is 1090. The van der Waals surface area contributed by atoms with Gasteiger partial charge in [0, 0.05) is 30.1 Å². The van der Waals surface area contributed by atoms with Crippen LogP contribution in [0.15, 0.2) is 33.7 Å². The van der Waals surface area contributed by atoms with Crippen LogP contribution >= 0.6 is 0 Å². The zero-order valence-electron chi connectivity index (χ0n) is 19.2. The molecule has 8 nitrogen and oxygen atoms in total. The molecule has 1 amide bonds. The monoisotopic (exact) mass is 461 g/mol. The van der Waals surface area contributed by atoms with Gasteiger partial charge in [-0.25, -0.2) is 8.42 Å². The van der Waals surface area contributed by atoms with Gasteiger partial charge in [0.15, 0.2) is 10.7 Å². The predicted molar refractivity (Wildman–Crippen MR) is 123 cm³/mol. The predicted octanol–water partition coefficient (Wildman–Crippen LogP) is 3.48. The number of aromatic nitrogens is 1. The molecule has 1 aliphatic heterocycles. The van der Waals surface area contributed by atoms with Crippen LogP contribution in [-0.4, -0.2) is 49.5 Å². The van der Waals surface area contributed by atoms with E-state index >= 15 is 0 Å². The highest BCUT2D eigenvalue weighted by Crippen LogP contribution is 2.30. The lowest BCUT2D eigenvalue weighted by Crippen LogP contribution is -2.47. The van der Waals surface area contributed by atoms with Gasteiger partial charge < -0.3 is 14.6 Å². The molecule has 1 aliphatic rings. The van der Waals surface area contributed by atoms with Gasteiger partial charge in [-0.1, -0.05) is 23.4 Å². The number of para-hydroxylation sites is 1. The highest BCUT2D eigenvalue weighted by Gasteiger charge is 2.36. The molecule has 1 aromatic heterocycles. The Morgan fingerprint density at radius 2 is 1.88 bits per heavy atom. The number of methoxy groups -OCH3 is 1. The average molecular weight is 462 g/mol. The molecule has 0 atom stereocenters. The van der Waals surface area contributed by atoms with E-state index in [2.05, 4.69) is 10.5 Å². The number of ether oxygens (including phenoxy) is 1. The molecule has 32 heavy (non-hydrogen) atoms. The van der Waals surface area contributed by atoms with E-state index in [9.17, 15) is 13.2 Å². The summed E-state index contributed by atoms with van der Waals surface area (Å²) < 4.78 is 38.9. The van der Waals surface area contributed by atoms with Crippen LogP contribution in [0.3, 0.4) is 0 Å². The summed E-state index contributed by atoms with van der Waals surface area (Å²) in [4.78, 5) is 12.5. The zero-order chi connectivity index (χ0) is 23.5. The van der Waals surface area contributed by atoms with Crippen LogP contribution in [0.25, 0.3) is 12.2 Å². The molecule has 0 bridgehead atoms. The van der Waals surface area contributed by atoms with Gasteiger partial charge in [-0.2, -0.15) is 4.31 Å². The van der Waals surface area contributed by atoms with Crippen molar-refractivity contribution in [1.29, 1.82) is 0 Å².